The molecule has 0 aliphatic heterocycles. The second kappa shape index (κ2) is 12.4. The topological polar surface area (TPSA) is 67.4 Å². The number of amides is 1. The molecule has 0 aliphatic carbocycles. The Hall–Kier alpha value is -3.81. The molecule has 0 fully saturated rings. The number of hydrogen-bond acceptors (Lipinski definition) is 4. The zero-order valence-electron chi connectivity index (χ0n) is 21.1. The second-order valence-electron chi connectivity index (χ2n) is 9.18. The van der Waals surface area contributed by atoms with E-state index in [-0.39, 0.29) is 30.9 Å². The maximum absolute atomic E-state index is 12.8. The zero-order valence-corrected chi connectivity index (χ0v) is 21.1. The highest BCUT2D eigenvalue weighted by Gasteiger charge is 2.30. The average Bonchev–Trinajstić information content (AvgIpc) is 2.88. The van der Waals surface area contributed by atoms with Crippen LogP contribution in [0, 0.1) is 5.92 Å². The summed E-state index contributed by atoms with van der Waals surface area (Å²) in [6.07, 6.45) is -3.39. The molecule has 0 aromatic heterocycles. The quantitative estimate of drug-likeness (QED) is 0.291. The number of anilines is 1. The van der Waals surface area contributed by atoms with Crippen molar-refractivity contribution in [2.24, 2.45) is 5.92 Å². The first-order valence-electron chi connectivity index (χ1n) is 12.1. The first-order chi connectivity index (χ1) is 17.6. The van der Waals surface area contributed by atoms with E-state index in [0.29, 0.717) is 17.0 Å². The van der Waals surface area contributed by atoms with Crippen LogP contribution < -0.4 is 10.6 Å². The Morgan fingerprint density at radius 2 is 1.43 bits per heavy atom. The monoisotopic (exact) mass is 512 g/mol. The fourth-order valence-corrected chi connectivity index (χ4v) is 3.91. The fraction of sp³-hybridized carbons (Fsp3) is 0.310. The van der Waals surface area contributed by atoms with Crippen molar-refractivity contribution in [2.75, 3.05) is 19.0 Å². The number of hydrogen-bond donors (Lipinski definition) is 2. The molecule has 196 valence electrons. The molecule has 0 spiro atoms. The number of carbonyl (C=O) groups is 2. The molecule has 2 N–H and O–H groups in total. The van der Waals surface area contributed by atoms with E-state index in [1.807, 2.05) is 36.4 Å². The summed E-state index contributed by atoms with van der Waals surface area (Å²) in [5.41, 5.74) is 3.26. The van der Waals surface area contributed by atoms with Gasteiger partial charge in [0.2, 0.25) is 0 Å². The molecule has 1 unspecified atom stereocenters. The lowest BCUT2D eigenvalue weighted by Gasteiger charge is -2.23. The van der Waals surface area contributed by atoms with Crippen LogP contribution in [0.25, 0.3) is 11.1 Å². The number of methoxy groups -OCH3 is 1. The predicted molar refractivity (Wildman–Crippen MR) is 138 cm³/mol. The number of halogens is 3. The van der Waals surface area contributed by atoms with Gasteiger partial charge in [-0.25, -0.2) is 0 Å². The van der Waals surface area contributed by atoms with Crippen LogP contribution in [0.3, 0.4) is 0 Å². The van der Waals surface area contributed by atoms with Crippen LogP contribution in [-0.4, -0.2) is 25.5 Å². The maximum Gasteiger partial charge on any atom is 0.416 e. The Labute approximate surface area is 215 Å². The summed E-state index contributed by atoms with van der Waals surface area (Å²) in [6.45, 7) is 4.46. The van der Waals surface area contributed by atoms with E-state index in [2.05, 4.69) is 29.2 Å². The van der Waals surface area contributed by atoms with E-state index in [9.17, 15) is 22.8 Å². The number of rotatable bonds is 10. The predicted octanol–water partition coefficient (Wildman–Crippen LogP) is 6.86. The van der Waals surface area contributed by atoms with Crippen molar-refractivity contribution in [2.45, 2.75) is 38.9 Å². The van der Waals surface area contributed by atoms with Gasteiger partial charge in [-0.15, -0.1) is 0 Å². The van der Waals surface area contributed by atoms with E-state index in [1.165, 1.54) is 19.2 Å². The molecule has 3 rings (SSSR count). The van der Waals surface area contributed by atoms with Gasteiger partial charge in [-0.1, -0.05) is 50.2 Å². The molecular weight excluding hydrogens is 481 g/mol. The minimum absolute atomic E-state index is 0.00615. The minimum atomic E-state index is -4.36. The van der Waals surface area contributed by atoms with Gasteiger partial charge in [-0.3, -0.25) is 9.59 Å². The van der Waals surface area contributed by atoms with Crippen LogP contribution in [-0.2, 0) is 15.7 Å². The third-order valence-electron chi connectivity index (χ3n) is 5.90. The summed E-state index contributed by atoms with van der Waals surface area (Å²) in [6, 6.07) is 20.0. The molecule has 5 nitrogen and oxygen atoms in total. The van der Waals surface area contributed by atoms with E-state index >= 15 is 0 Å². The first-order valence-corrected chi connectivity index (χ1v) is 12.1. The Kier molecular flexibility index (Phi) is 9.33. The number of carbonyl (C=O) groups excluding carboxylic acids is 2. The number of ether oxygens (including phenoxy) is 1. The van der Waals surface area contributed by atoms with Crippen molar-refractivity contribution >= 4 is 17.6 Å². The highest BCUT2D eigenvalue weighted by molar-refractivity contribution is 5.94. The third-order valence-corrected chi connectivity index (χ3v) is 5.90. The molecule has 0 saturated heterocycles. The van der Waals surface area contributed by atoms with Crippen LogP contribution in [0.15, 0.2) is 72.8 Å². The van der Waals surface area contributed by atoms with Crippen molar-refractivity contribution in [1.29, 1.82) is 0 Å². The van der Waals surface area contributed by atoms with E-state index in [4.69, 9.17) is 0 Å². The van der Waals surface area contributed by atoms with Crippen LogP contribution in [0.4, 0.5) is 18.9 Å². The van der Waals surface area contributed by atoms with Crippen LogP contribution >= 0.6 is 0 Å². The van der Waals surface area contributed by atoms with Crippen molar-refractivity contribution in [1.82, 2.24) is 5.32 Å². The summed E-state index contributed by atoms with van der Waals surface area (Å²) in [5, 5.41) is 6.24. The van der Waals surface area contributed by atoms with Crippen molar-refractivity contribution in [3.05, 3.63) is 89.5 Å². The molecule has 3 aromatic carbocycles. The first kappa shape index (κ1) is 27.8. The average molecular weight is 513 g/mol. The Bertz CT molecular complexity index is 1170. The zero-order chi connectivity index (χ0) is 27.0. The lowest BCUT2D eigenvalue weighted by molar-refractivity contribution is -0.140. The number of benzene rings is 3. The van der Waals surface area contributed by atoms with Crippen LogP contribution in [0.2, 0.25) is 0 Å². The largest absolute Gasteiger partial charge is 0.469 e. The standard InChI is InChI=1S/C29H31F3N2O3/c1-19(2)18-26(22-4-6-23(7-5-22)28(36)33-17-16-27(35)37-3)34-25-14-10-21(11-15-25)20-8-12-24(13-9-20)29(30,31)32/h4-15,19,26,34H,16-18H2,1-3H3,(H,33,36). The Morgan fingerprint density at radius 3 is 1.95 bits per heavy atom. The number of alkyl halides is 3. The Morgan fingerprint density at radius 1 is 0.865 bits per heavy atom. The molecule has 0 saturated carbocycles. The van der Waals surface area contributed by atoms with E-state index < -0.39 is 11.7 Å². The van der Waals surface area contributed by atoms with E-state index in [0.717, 1.165) is 35.4 Å². The lowest BCUT2D eigenvalue weighted by atomic mass is 9.95. The molecule has 1 atom stereocenters. The van der Waals surface area contributed by atoms with Gasteiger partial charge in [0, 0.05) is 17.8 Å². The van der Waals surface area contributed by atoms with Gasteiger partial charge in [0.05, 0.1) is 25.1 Å². The SMILES string of the molecule is COC(=O)CCNC(=O)c1ccc(C(CC(C)C)Nc2ccc(-c3ccc(C(F)(F)F)cc3)cc2)cc1. The molecule has 0 heterocycles. The van der Waals surface area contributed by atoms with Crippen LogP contribution in [0.1, 0.15) is 54.2 Å². The molecule has 0 radical (unpaired) electrons. The normalized spacial score (nSPS) is 12.2. The van der Waals surface area contributed by atoms with Crippen molar-refractivity contribution < 1.29 is 27.5 Å². The van der Waals surface area contributed by atoms with Gasteiger partial charge in [0.25, 0.3) is 5.91 Å². The maximum atomic E-state index is 12.8. The van der Waals surface area contributed by atoms with Crippen molar-refractivity contribution in [3.8, 4) is 11.1 Å². The third kappa shape index (κ3) is 8.10. The lowest BCUT2D eigenvalue weighted by Crippen LogP contribution is -2.26. The van der Waals surface area contributed by atoms with Gasteiger partial charge < -0.3 is 15.4 Å². The van der Waals surface area contributed by atoms with Gasteiger partial charge in [0.15, 0.2) is 0 Å². The van der Waals surface area contributed by atoms with Gasteiger partial charge >= 0.3 is 12.1 Å². The summed E-state index contributed by atoms with van der Waals surface area (Å²) >= 11 is 0. The highest BCUT2D eigenvalue weighted by atomic mass is 19.4. The summed E-state index contributed by atoms with van der Waals surface area (Å²) in [7, 11) is 1.30. The molecule has 1 amide bonds. The molecule has 8 heteroatoms. The van der Waals surface area contributed by atoms with Crippen LogP contribution in [0.5, 0.6) is 0 Å². The minimum Gasteiger partial charge on any atom is -0.469 e. The van der Waals surface area contributed by atoms with Gasteiger partial charge in [-0.05, 0) is 65.4 Å². The number of nitrogens with one attached hydrogen (secondary N) is 2. The fourth-order valence-electron chi connectivity index (χ4n) is 3.91. The molecule has 0 bridgehead atoms. The number of esters is 1. The second-order valence-corrected chi connectivity index (χ2v) is 9.18. The summed E-state index contributed by atoms with van der Waals surface area (Å²) in [4.78, 5) is 23.6. The molecule has 3 aromatic rings. The Balaban J connectivity index is 1.68. The summed E-state index contributed by atoms with van der Waals surface area (Å²) < 4.78 is 43.1. The van der Waals surface area contributed by atoms with Gasteiger partial charge in [0.1, 0.15) is 0 Å². The van der Waals surface area contributed by atoms with E-state index in [1.54, 1.807) is 12.1 Å². The summed E-state index contributed by atoms with van der Waals surface area (Å²) in [5.74, 6) is -0.237. The smallest absolute Gasteiger partial charge is 0.416 e. The molecule has 37 heavy (non-hydrogen) atoms. The van der Waals surface area contributed by atoms with Crippen molar-refractivity contribution in [3.63, 3.8) is 0 Å². The van der Waals surface area contributed by atoms with Gasteiger partial charge in [-0.2, -0.15) is 13.2 Å². The molecule has 0 aliphatic rings. The highest BCUT2D eigenvalue weighted by Crippen LogP contribution is 2.32. The molecular formula is C29H31F3N2O3.